The van der Waals surface area contributed by atoms with Crippen LogP contribution in [0.3, 0.4) is 0 Å². The molecule has 0 aromatic heterocycles. The molecular formula is C21H22ClNO3. The number of ether oxygens (including phenoxy) is 2. The first-order chi connectivity index (χ1) is 12.7. The van der Waals surface area contributed by atoms with E-state index in [0.717, 1.165) is 29.8 Å². The third-order valence-corrected chi connectivity index (χ3v) is 4.81. The fourth-order valence-corrected chi connectivity index (χ4v) is 3.04. The Morgan fingerprint density at radius 3 is 2.69 bits per heavy atom. The summed E-state index contributed by atoms with van der Waals surface area (Å²) >= 11 is 6.13. The normalized spacial score (nSPS) is 17.0. The van der Waals surface area contributed by atoms with Gasteiger partial charge in [-0.2, -0.15) is 0 Å². The average Bonchev–Trinajstić information content (AvgIpc) is 3.16. The molecule has 0 saturated carbocycles. The first-order valence-corrected chi connectivity index (χ1v) is 8.99. The molecule has 0 radical (unpaired) electrons. The van der Waals surface area contributed by atoms with Gasteiger partial charge in [0.1, 0.15) is 12.4 Å². The second-order valence-electron chi connectivity index (χ2n) is 6.21. The Hall–Kier alpha value is -2.30. The SMILES string of the molecule is COC1CCN(C(=O)/C=C/c2ccc(OCc3ccccc3Cl)cc2)C1. The molecule has 3 rings (SSSR count). The van der Waals surface area contributed by atoms with Crippen molar-refractivity contribution in [3.63, 3.8) is 0 Å². The maximum absolute atomic E-state index is 12.2. The summed E-state index contributed by atoms with van der Waals surface area (Å²) in [5, 5.41) is 0.697. The lowest BCUT2D eigenvalue weighted by atomic mass is 10.2. The number of likely N-dealkylation sites (tertiary alicyclic amines) is 1. The number of halogens is 1. The molecular weight excluding hydrogens is 350 g/mol. The Morgan fingerprint density at radius 2 is 2.00 bits per heavy atom. The molecule has 4 nitrogen and oxygen atoms in total. The molecule has 26 heavy (non-hydrogen) atoms. The molecule has 2 aromatic carbocycles. The van der Waals surface area contributed by atoms with Crippen LogP contribution < -0.4 is 4.74 Å². The molecule has 1 atom stereocenters. The summed E-state index contributed by atoms with van der Waals surface area (Å²) in [6.07, 6.45) is 4.48. The van der Waals surface area contributed by atoms with Crippen LogP contribution in [0.2, 0.25) is 5.02 Å². The number of nitrogens with zero attached hydrogens (tertiary/aromatic N) is 1. The summed E-state index contributed by atoms with van der Waals surface area (Å²) in [6, 6.07) is 15.2. The number of carbonyl (C=O) groups is 1. The van der Waals surface area contributed by atoms with Gasteiger partial charge in [-0.3, -0.25) is 4.79 Å². The summed E-state index contributed by atoms with van der Waals surface area (Å²) in [4.78, 5) is 14.0. The van der Waals surface area contributed by atoms with Crippen LogP contribution >= 0.6 is 11.6 Å². The molecule has 1 aliphatic heterocycles. The molecule has 136 valence electrons. The van der Waals surface area contributed by atoms with Gasteiger partial charge in [0.05, 0.1) is 6.10 Å². The van der Waals surface area contributed by atoms with E-state index in [2.05, 4.69) is 0 Å². The highest BCUT2D eigenvalue weighted by molar-refractivity contribution is 6.31. The number of hydrogen-bond donors (Lipinski definition) is 0. The first-order valence-electron chi connectivity index (χ1n) is 8.62. The largest absolute Gasteiger partial charge is 0.489 e. The van der Waals surface area contributed by atoms with E-state index in [4.69, 9.17) is 21.1 Å². The molecule has 0 spiro atoms. The van der Waals surface area contributed by atoms with Crippen LogP contribution in [-0.2, 0) is 16.1 Å². The van der Waals surface area contributed by atoms with Gasteiger partial charge in [0.15, 0.2) is 0 Å². The van der Waals surface area contributed by atoms with E-state index < -0.39 is 0 Å². The minimum absolute atomic E-state index is 0.0172. The minimum atomic E-state index is 0.0172. The third kappa shape index (κ3) is 4.87. The highest BCUT2D eigenvalue weighted by atomic mass is 35.5. The van der Waals surface area contributed by atoms with Gasteiger partial charge in [0.2, 0.25) is 5.91 Å². The van der Waals surface area contributed by atoms with Crippen molar-refractivity contribution < 1.29 is 14.3 Å². The smallest absolute Gasteiger partial charge is 0.246 e. The van der Waals surface area contributed by atoms with Crippen molar-refractivity contribution in [3.8, 4) is 5.75 Å². The number of carbonyl (C=O) groups excluding carboxylic acids is 1. The maximum Gasteiger partial charge on any atom is 0.246 e. The van der Waals surface area contributed by atoms with Gasteiger partial charge >= 0.3 is 0 Å². The Labute approximate surface area is 159 Å². The lowest BCUT2D eigenvalue weighted by Crippen LogP contribution is -2.28. The lowest BCUT2D eigenvalue weighted by molar-refractivity contribution is -0.125. The lowest BCUT2D eigenvalue weighted by Gasteiger charge is -2.13. The van der Waals surface area contributed by atoms with Gasteiger partial charge in [-0.05, 0) is 36.3 Å². The summed E-state index contributed by atoms with van der Waals surface area (Å²) < 4.78 is 11.1. The number of rotatable bonds is 6. The Balaban J connectivity index is 1.53. The Morgan fingerprint density at radius 1 is 1.23 bits per heavy atom. The quantitative estimate of drug-likeness (QED) is 0.715. The topological polar surface area (TPSA) is 38.8 Å². The summed E-state index contributed by atoms with van der Waals surface area (Å²) in [7, 11) is 1.68. The van der Waals surface area contributed by atoms with Gasteiger partial charge in [-0.1, -0.05) is 41.9 Å². The molecule has 1 aliphatic rings. The van der Waals surface area contributed by atoms with E-state index in [-0.39, 0.29) is 12.0 Å². The van der Waals surface area contributed by atoms with Crippen molar-refractivity contribution >= 4 is 23.6 Å². The van der Waals surface area contributed by atoms with E-state index in [9.17, 15) is 4.79 Å². The molecule has 0 aliphatic carbocycles. The molecule has 1 fully saturated rings. The molecule has 1 saturated heterocycles. The maximum atomic E-state index is 12.2. The van der Waals surface area contributed by atoms with Crippen molar-refractivity contribution in [2.24, 2.45) is 0 Å². The highest BCUT2D eigenvalue weighted by Gasteiger charge is 2.24. The van der Waals surface area contributed by atoms with E-state index in [1.165, 1.54) is 0 Å². The first kappa shape index (κ1) is 18.5. The number of methoxy groups -OCH3 is 1. The molecule has 2 aromatic rings. The monoisotopic (exact) mass is 371 g/mol. The molecule has 1 amide bonds. The van der Waals surface area contributed by atoms with Crippen molar-refractivity contribution in [2.45, 2.75) is 19.1 Å². The van der Waals surface area contributed by atoms with E-state index in [0.29, 0.717) is 18.2 Å². The van der Waals surface area contributed by atoms with Crippen LogP contribution in [0, 0.1) is 0 Å². The second-order valence-corrected chi connectivity index (χ2v) is 6.62. The predicted molar refractivity (Wildman–Crippen MR) is 103 cm³/mol. The molecule has 0 bridgehead atoms. The zero-order chi connectivity index (χ0) is 18.4. The van der Waals surface area contributed by atoms with Gasteiger partial charge in [0.25, 0.3) is 0 Å². The number of amides is 1. The van der Waals surface area contributed by atoms with Crippen LogP contribution in [0.4, 0.5) is 0 Å². The zero-order valence-electron chi connectivity index (χ0n) is 14.7. The highest BCUT2D eigenvalue weighted by Crippen LogP contribution is 2.19. The molecule has 5 heteroatoms. The summed E-state index contributed by atoms with van der Waals surface area (Å²) in [5.41, 5.74) is 1.90. The van der Waals surface area contributed by atoms with Crippen molar-refractivity contribution in [1.82, 2.24) is 4.90 Å². The van der Waals surface area contributed by atoms with Crippen LogP contribution in [0.1, 0.15) is 17.5 Å². The van der Waals surface area contributed by atoms with Crippen molar-refractivity contribution in [2.75, 3.05) is 20.2 Å². The van der Waals surface area contributed by atoms with Crippen LogP contribution in [0.15, 0.2) is 54.6 Å². The predicted octanol–water partition coefficient (Wildman–Crippen LogP) is 4.18. The second kappa shape index (κ2) is 8.88. The summed E-state index contributed by atoms with van der Waals surface area (Å²) in [6.45, 7) is 1.83. The van der Waals surface area contributed by atoms with Crippen molar-refractivity contribution in [3.05, 3.63) is 70.8 Å². The van der Waals surface area contributed by atoms with Gasteiger partial charge in [-0.25, -0.2) is 0 Å². The number of benzene rings is 2. The number of hydrogen-bond acceptors (Lipinski definition) is 3. The zero-order valence-corrected chi connectivity index (χ0v) is 15.5. The fraction of sp³-hybridized carbons (Fsp3) is 0.286. The fourth-order valence-electron chi connectivity index (χ4n) is 2.85. The standard InChI is InChI=1S/C21H22ClNO3/c1-25-19-12-13-23(14-19)21(24)11-8-16-6-9-18(10-7-16)26-15-17-4-2-3-5-20(17)22/h2-11,19H,12-15H2,1H3/b11-8+. The van der Waals surface area contributed by atoms with Crippen LogP contribution in [0.25, 0.3) is 6.08 Å². The Kier molecular flexibility index (Phi) is 6.31. The average molecular weight is 372 g/mol. The van der Waals surface area contributed by atoms with Gasteiger partial charge in [-0.15, -0.1) is 0 Å². The third-order valence-electron chi connectivity index (χ3n) is 4.44. The van der Waals surface area contributed by atoms with Gasteiger partial charge in [0, 0.05) is 36.9 Å². The van der Waals surface area contributed by atoms with Crippen LogP contribution in [-0.4, -0.2) is 37.1 Å². The van der Waals surface area contributed by atoms with Gasteiger partial charge < -0.3 is 14.4 Å². The van der Waals surface area contributed by atoms with Crippen molar-refractivity contribution in [1.29, 1.82) is 0 Å². The van der Waals surface area contributed by atoms with E-state index in [1.807, 2.05) is 59.5 Å². The van der Waals surface area contributed by atoms with Crippen LogP contribution in [0.5, 0.6) is 5.75 Å². The van der Waals surface area contributed by atoms with E-state index >= 15 is 0 Å². The Bertz CT molecular complexity index is 773. The minimum Gasteiger partial charge on any atom is -0.489 e. The molecule has 1 heterocycles. The van der Waals surface area contributed by atoms with E-state index in [1.54, 1.807) is 13.2 Å². The summed E-state index contributed by atoms with van der Waals surface area (Å²) in [5.74, 6) is 0.777. The molecule has 0 N–H and O–H groups in total. The molecule has 1 unspecified atom stereocenters.